The van der Waals surface area contributed by atoms with E-state index >= 15 is 0 Å². The number of hydrogen-bond donors (Lipinski definition) is 1. The lowest BCUT2D eigenvalue weighted by Gasteiger charge is -2.28. The van der Waals surface area contributed by atoms with Crippen molar-refractivity contribution in [3.8, 4) is 17.1 Å². The topological polar surface area (TPSA) is 77.2 Å². The summed E-state index contributed by atoms with van der Waals surface area (Å²) in [5.74, 6) is 2.13. The van der Waals surface area contributed by atoms with Gasteiger partial charge in [-0.05, 0) is 30.9 Å². The Morgan fingerprint density at radius 3 is 2.88 bits per heavy atom. The molecule has 1 N–H and O–H groups in total. The third kappa shape index (κ3) is 3.83. The van der Waals surface area contributed by atoms with Crippen molar-refractivity contribution in [1.82, 2.24) is 15.5 Å². The zero-order valence-corrected chi connectivity index (χ0v) is 15.0. The van der Waals surface area contributed by atoms with Gasteiger partial charge < -0.3 is 14.6 Å². The highest BCUT2D eigenvalue weighted by atomic mass is 16.5. The van der Waals surface area contributed by atoms with Crippen LogP contribution in [0.4, 0.5) is 0 Å². The van der Waals surface area contributed by atoms with Gasteiger partial charge in [0, 0.05) is 11.5 Å². The molecule has 0 aliphatic heterocycles. The first-order valence-electron chi connectivity index (χ1n) is 8.90. The van der Waals surface area contributed by atoms with Crippen LogP contribution in [0.25, 0.3) is 11.4 Å². The molecule has 0 saturated heterocycles. The summed E-state index contributed by atoms with van der Waals surface area (Å²) in [6, 6.07) is 7.26. The molecule has 134 valence electrons. The average molecular weight is 343 g/mol. The molecule has 2 aromatic rings. The van der Waals surface area contributed by atoms with Crippen LogP contribution < -0.4 is 10.1 Å². The predicted molar refractivity (Wildman–Crippen MR) is 94.0 cm³/mol. The fraction of sp³-hybridized carbons (Fsp3) is 0.526. The second-order valence-corrected chi connectivity index (χ2v) is 6.69. The van der Waals surface area contributed by atoms with E-state index in [0.29, 0.717) is 11.7 Å². The van der Waals surface area contributed by atoms with Crippen LogP contribution >= 0.6 is 0 Å². The van der Waals surface area contributed by atoms with E-state index in [1.165, 1.54) is 0 Å². The van der Waals surface area contributed by atoms with E-state index in [0.717, 1.165) is 37.0 Å². The van der Waals surface area contributed by atoms with E-state index in [1.54, 1.807) is 7.11 Å². The molecule has 1 heterocycles. The largest absolute Gasteiger partial charge is 0.497 e. The van der Waals surface area contributed by atoms with E-state index in [1.807, 2.05) is 24.3 Å². The second-order valence-electron chi connectivity index (χ2n) is 6.69. The molecule has 1 aliphatic rings. The maximum absolute atomic E-state index is 12.4. The lowest BCUT2D eigenvalue weighted by molar-refractivity contribution is -0.128. The molecule has 0 unspecified atom stereocenters. The molecule has 3 rings (SSSR count). The van der Waals surface area contributed by atoms with Crippen molar-refractivity contribution < 1.29 is 14.1 Å². The van der Waals surface area contributed by atoms with Gasteiger partial charge in [0.2, 0.25) is 17.6 Å². The summed E-state index contributed by atoms with van der Waals surface area (Å²) in [5, 5.41) is 7.21. The van der Waals surface area contributed by atoms with E-state index < -0.39 is 0 Å². The number of hydrogen-bond acceptors (Lipinski definition) is 5. The van der Waals surface area contributed by atoms with Gasteiger partial charge in [-0.15, -0.1) is 0 Å². The minimum atomic E-state index is -0.259. The predicted octanol–water partition coefficient (Wildman–Crippen LogP) is 3.75. The monoisotopic (exact) mass is 343 g/mol. The Morgan fingerprint density at radius 1 is 1.44 bits per heavy atom. The molecule has 0 bridgehead atoms. The summed E-state index contributed by atoms with van der Waals surface area (Å²) in [5.41, 5.74) is 0.822. The molecule has 1 aromatic heterocycles. The molecule has 25 heavy (non-hydrogen) atoms. The first-order valence-corrected chi connectivity index (χ1v) is 8.90. The van der Waals surface area contributed by atoms with Gasteiger partial charge in [-0.25, -0.2) is 0 Å². The zero-order valence-electron chi connectivity index (χ0n) is 15.0. The second kappa shape index (κ2) is 7.68. The van der Waals surface area contributed by atoms with Gasteiger partial charge in [0.05, 0.1) is 7.11 Å². The van der Waals surface area contributed by atoms with Crippen LogP contribution in [-0.4, -0.2) is 23.2 Å². The minimum absolute atomic E-state index is 0.0951. The molecule has 6 heteroatoms. The first-order chi connectivity index (χ1) is 12.1. The number of benzene rings is 1. The Balaban J connectivity index is 1.81. The zero-order chi connectivity index (χ0) is 17.8. The quantitative estimate of drug-likeness (QED) is 0.828. The number of ether oxygens (including phenoxy) is 1. The van der Waals surface area contributed by atoms with Gasteiger partial charge in [-0.1, -0.05) is 44.0 Å². The highest BCUT2D eigenvalue weighted by molar-refractivity contribution is 5.79. The third-order valence-corrected chi connectivity index (χ3v) is 5.02. The molecule has 1 saturated carbocycles. The first kappa shape index (κ1) is 17.5. The molecule has 1 amide bonds. The number of nitrogens with one attached hydrogen (secondary N) is 1. The van der Waals surface area contributed by atoms with E-state index in [9.17, 15) is 4.79 Å². The Morgan fingerprint density at radius 2 is 2.24 bits per heavy atom. The van der Waals surface area contributed by atoms with Gasteiger partial charge >= 0.3 is 0 Å². The van der Waals surface area contributed by atoms with E-state index in [2.05, 4.69) is 29.3 Å². The Kier molecular flexibility index (Phi) is 5.36. The van der Waals surface area contributed by atoms with Gasteiger partial charge in [-0.2, -0.15) is 4.98 Å². The summed E-state index contributed by atoms with van der Waals surface area (Å²) < 4.78 is 10.7. The van der Waals surface area contributed by atoms with Crippen molar-refractivity contribution in [3.63, 3.8) is 0 Å². The molecule has 1 fully saturated rings. The normalized spacial score (nSPS) is 16.8. The van der Waals surface area contributed by atoms with E-state index in [4.69, 9.17) is 9.26 Å². The van der Waals surface area contributed by atoms with Crippen LogP contribution in [0.3, 0.4) is 0 Å². The van der Waals surface area contributed by atoms with Crippen molar-refractivity contribution in [2.45, 2.75) is 45.6 Å². The van der Waals surface area contributed by atoms with Crippen LogP contribution in [0.2, 0.25) is 0 Å². The third-order valence-electron chi connectivity index (χ3n) is 5.02. The summed E-state index contributed by atoms with van der Waals surface area (Å²) in [7, 11) is 1.62. The number of aromatic nitrogens is 2. The molecule has 0 spiro atoms. The summed E-state index contributed by atoms with van der Waals surface area (Å²) >= 11 is 0. The lowest BCUT2D eigenvalue weighted by Crippen LogP contribution is -2.39. The minimum Gasteiger partial charge on any atom is -0.497 e. The maximum Gasteiger partial charge on any atom is 0.249 e. The smallest absolute Gasteiger partial charge is 0.249 e. The number of rotatable bonds is 7. The fourth-order valence-electron chi connectivity index (χ4n) is 2.87. The SMILES string of the molecule is CC[C@H](C)[C@H](NC(=O)C1CCC1)c1nc(-c2cccc(OC)c2)no1. The van der Waals surface area contributed by atoms with Crippen LogP contribution in [0.5, 0.6) is 5.75 Å². The molecule has 6 nitrogen and oxygen atoms in total. The maximum atomic E-state index is 12.4. The molecule has 2 atom stereocenters. The average Bonchev–Trinajstić information content (AvgIpc) is 3.07. The Labute approximate surface area is 148 Å². The van der Waals surface area contributed by atoms with Crippen molar-refractivity contribution in [2.75, 3.05) is 7.11 Å². The molecule has 1 aliphatic carbocycles. The lowest BCUT2D eigenvalue weighted by atomic mass is 9.84. The van der Waals surface area contributed by atoms with Gasteiger partial charge in [0.15, 0.2) is 0 Å². The number of amides is 1. The van der Waals surface area contributed by atoms with Gasteiger partial charge in [0.25, 0.3) is 0 Å². The van der Waals surface area contributed by atoms with Crippen LogP contribution in [-0.2, 0) is 4.79 Å². The number of carbonyl (C=O) groups is 1. The Hall–Kier alpha value is -2.37. The number of methoxy groups -OCH3 is 1. The summed E-state index contributed by atoms with van der Waals surface area (Å²) in [6.45, 7) is 4.17. The van der Waals surface area contributed by atoms with Gasteiger partial charge in [0.1, 0.15) is 11.8 Å². The molecule has 1 aromatic carbocycles. The molecule has 0 radical (unpaired) electrons. The van der Waals surface area contributed by atoms with Gasteiger partial charge in [-0.3, -0.25) is 4.79 Å². The fourth-order valence-corrected chi connectivity index (χ4v) is 2.87. The summed E-state index contributed by atoms with van der Waals surface area (Å²) in [4.78, 5) is 16.9. The van der Waals surface area contributed by atoms with Crippen molar-refractivity contribution in [3.05, 3.63) is 30.2 Å². The summed E-state index contributed by atoms with van der Waals surface area (Å²) in [6.07, 6.45) is 3.98. The van der Waals surface area contributed by atoms with Crippen molar-refractivity contribution in [1.29, 1.82) is 0 Å². The van der Waals surface area contributed by atoms with Crippen molar-refractivity contribution in [2.24, 2.45) is 11.8 Å². The molecular weight excluding hydrogens is 318 g/mol. The van der Waals surface area contributed by atoms with Crippen molar-refractivity contribution >= 4 is 5.91 Å². The Bertz CT molecular complexity index is 724. The highest BCUT2D eigenvalue weighted by Crippen LogP contribution is 2.30. The van der Waals surface area contributed by atoms with Crippen LogP contribution in [0.1, 0.15) is 51.5 Å². The standard InChI is InChI=1S/C19H25N3O3/c1-4-12(2)16(20-18(23)13-7-5-8-13)19-21-17(22-25-19)14-9-6-10-15(11-14)24-3/h6,9-13,16H,4-5,7-8H2,1-3H3,(H,20,23)/t12-,16-/m0/s1. The van der Waals surface area contributed by atoms with E-state index in [-0.39, 0.29) is 23.8 Å². The van der Waals surface area contributed by atoms with Crippen LogP contribution in [0, 0.1) is 11.8 Å². The highest BCUT2D eigenvalue weighted by Gasteiger charge is 2.31. The number of carbonyl (C=O) groups excluding carboxylic acids is 1. The number of nitrogens with zero attached hydrogens (tertiary/aromatic N) is 2. The van der Waals surface area contributed by atoms with Crippen LogP contribution in [0.15, 0.2) is 28.8 Å². The molecular formula is C19H25N3O3.